The molecule has 1 unspecified atom stereocenters. The van der Waals surface area contributed by atoms with Crippen molar-refractivity contribution < 1.29 is 4.74 Å². The molecule has 2 aromatic heterocycles. The van der Waals surface area contributed by atoms with Gasteiger partial charge in [-0.05, 0) is 47.9 Å². The second-order valence-corrected chi connectivity index (χ2v) is 5.33. The number of thiophene rings is 1. The molecule has 1 aliphatic rings. The number of anilines is 1. The van der Waals surface area contributed by atoms with Crippen LogP contribution in [-0.2, 0) is 0 Å². The number of rotatable bonds is 4. The summed E-state index contributed by atoms with van der Waals surface area (Å²) in [6.45, 7) is 1.78. The van der Waals surface area contributed by atoms with Crippen LogP contribution in [0.1, 0.15) is 24.3 Å². The highest BCUT2D eigenvalue weighted by atomic mass is 32.1. The van der Waals surface area contributed by atoms with Crippen LogP contribution in [-0.4, -0.2) is 18.1 Å². The lowest BCUT2D eigenvalue weighted by Gasteiger charge is -2.25. The van der Waals surface area contributed by atoms with E-state index in [-0.39, 0.29) is 0 Å². The summed E-state index contributed by atoms with van der Waals surface area (Å²) in [5.41, 5.74) is 1.33. The number of hydrogen-bond donors (Lipinski definition) is 1. The third kappa shape index (κ3) is 2.48. The number of aromatic nitrogens is 1. The van der Waals surface area contributed by atoms with Gasteiger partial charge in [0, 0.05) is 12.7 Å². The van der Waals surface area contributed by atoms with Crippen LogP contribution >= 0.6 is 11.3 Å². The van der Waals surface area contributed by atoms with E-state index < -0.39 is 0 Å². The molecule has 1 atom stereocenters. The molecule has 0 fully saturated rings. The van der Waals surface area contributed by atoms with E-state index in [2.05, 4.69) is 16.4 Å². The van der Waals surface area contributed by atoms with E-state index in [0.29, 0.717) is 5.92 Å². The summed E-state index contributed by atoms with van der Waals surface area (Å²) in [7, 11) is 0. The van der Waals surface area contributed by atoms with Gasteiger partial charge < -0.3 is 10.1 Å². The molecule has 2 aromatic rings. The van der Waals surface area contributed by atoms with Crippen molar-refractivity contribution in [3.05, 3.63) is 41.4 Å². The van der Waals surface area contributed by atoms with E-state index >= 15 is 0 Å². The molecular weight excluding hydrogens is 244 g/mol. The maximum absolute atomic E-state index is 5.74. The van der Waals surface area contributed by atoms with Crippen molar-refractivity contribution in [1.82, 2.24) is 4.98 Å². The molecule has 94 valence electrons. The molecule has 0 amide bonds. The molecule has 0 saturated carbocycles. The highest BCUT2D eigenvalue weighted by molar-refractivity contribution is 7.11. The number of pyridine rings is 1. The molecule has 18 heavy (non-hydrogen) atoms. The Morgan fingerprint density at radius 2 is 2.39 bits per heavy atom. The van der Waals surface area contributed by atoms with Gasteiger partial charge in [0.15, 0.2) is 5.06 Å². The van der Waals surface area contributed by atoms with Gasteiger partial charge in [-0.2, -0.15) is 0 Å². The first-order valence-electron chi connectivity index (χ1n) is 6.28. The number of nitrogens with one attached hydrogen (secondary N) is 1. The molecule has 3 heterocycles. The Morgan fingerprint density at radius 3 is 3.28 bits per heavy atom. The third-order valence-corrected chi connectivity index (χ3v) is 4.05. The fourth-order valence-electron chi connectivity index (χ4n) is 2.36. The lowest BCUT2D eigenvalue weighted by atomic mass is 9.91. The van der Waals surface area contributed by atoms with Crippen LogP contribution in [0.3, 0.4) is 0 Å². The fourth-order valence-corrected chi connectivity index (χ4v) is 2.96. The van der Waals surface area contributed by atoms with Gasteiger partial charge in [-0.25, -0.2) is 4.98 Å². The Kier molecular flexibility index (Phi) is 3.46. The van der Waals surface area contributed by atoms with Crippen LogP contribution in [0.25, 0.3) is 0 Å². The van der Waals surface area contributed by atoms with E-state index in [1.165, 1.54) is 5.56 Å². The van der Waals surface area contributed by atoms with Crippen LogP contribution in [0, 0.1) is 0 Å². The molecule has 0 radical (unpaired) electrons. The smallest absolute Gasteiger partial charge is 0.173 e. The van der Waals surface area contributed by atoms with Gasteiger partial charge >= 0.3 is 0 Å². The van der Waals surface area contributed by atoms with Crippen LogP contribution < -0.4 is 10.1 Å². The molecule has 0 bridgehead atoms. The molecule has 3 rings (SSSR count). The van der Waals surface area contributed by atoms with Gasteiger partial charge in [0.05, 0.1) is 6.61 Å². The van der Waals surface area contributed by atoms with Crippen molar-refractivity contribution in [2.75, 3.05) is 18.5 Å². The van der Waals surface area contributed by atoms with E-state index in [4.69, 9.17) is 4.74 Å². The topological polar surface area (TPSA) is 34.1 Å². The minimum atomic E-state index is 0.565. The summed E-state index contributed by atoms with van der Waals surface area (Å²) in [5, 5.41) is 6.40. The fraction of sp³-hybridized carbons (Fsp3) is 0.357. The zero-order chi connectivity index (χ0) is 12.2. The molecule has 1 N–H and O–H groups in total. The summed E-state index contributed by atoms with van der Waals surface area (Å²) < 4.78 is 5.74. The standard InChI is InChI=1S/C14H16N2OS/c1-3-12-11(5-8-16-14(12)15-7-1)6-9-17-13-4-2-10-18-13/h1-4,7,10-11H,5-6,8-9H2,(H,15,16). The highest BCUT2D eigenvalue weighted by Crippen LogP contribution is 2.32. The summed E-state index contributed by atoms with van der Waals surface area (Å²) >= 11 is 1.65. The summed E-state index contributed by atoms with van der Waals surface area (Å²) in [5.74, 6) is 1.61. The lowest BCUT2D eigenvalue weighted by molar-refractivity contribution is 0.302. The van der Waals surface area contributed by atoms with Crippen molar-refractivity contribution in [2.45, 2.75) is 18.8 Å². The SMILES string of the molecule is c1csc(OCCC2CCNc3ncccc32)c1. The molecule has 0 saturated heterocycles. The van der Waals surface area contributed by atoms with Crippen LogP contribution in [0.4, 0.5) is 5.82 Å². The molecule has 4 heteroatoms. The van der Waals surface area contributed by atoms with E-state index in [1.54, 1.807) is 11.3 Å². The summed E-state index contributed by atoms with van der Waals surface area (Å²) in [4.78, 5) is 4.38. The van der Waals surface area contributed by atoms with Crippen molar-refractivity contribution in [2.24, 2.45) is 0 Å². The second kappa shape index (κ2) is 5.40. The molecule has 0 aromatic carbocycles. The predicted octanol–water partition coefficient (Wildman–Crippen LogP) is 3.51. The lowest BCUT2D eigenvalue weighted by Crippen LogP contribution is -2.19. The Morgan fingerprint density at radius 1 is 1.39 bits per heavy atom. The minimum absolute atomic E-state index is 0.565. The van der Waals surface area contributed by atoms with Crippen LogP contribution in [0.5, 0.6) is 5.06 Å². The van der Waals surface area contributed by atoms with Gasteiger partial charge in [-0.3, -0.25) is 0 Å². The number of nitrogens with zero attached hydrogens (tertiary/aromatic N) is 1. The molecular formula is C14H16N2OS. The van der Waals surface area contributed by atoms with Crippen LogP contribution in [0.15, 0.2) is 35.8 Å². The Balaban J connectivity index is 1.60. The van der Waals surface area contributed by atoms with E-state index in [9.17, 15) is 0 Å². The van der Waals surface area contributed by atoms with Gasteiger partial charge in [0.25, 0.3) is 0 Å². The van der Waals surface area contributed by atoms with Crippen molar-refractivity contribution in [3.8, 4) is 5.06 Å². The quantitative estimate of drug-likeness (QED) is 0.913. The second-order valence-electron chi connectivity index (χ2n) is 4.42. The highest BCUT2D eigenvalue weighted by Gasteiger charge is 2.20. The molecule has 0 spiro atoms. The van der Waals surface area contributed by atoms with Gasteiger partial charge in [0.1, 0.15) is 5.82 Å². The van der Waals surface area contributed by atoms with Crippen molar-refractivity contribution in [3.63, 3.8) is 0 Å². The van der Waals surface area contributed by atoms with Crippen molar-refractivity contribution >= 4 is 17.2 Å². The zero-order valence-electron chi connectivity index (χ0n) is 10.1. The number of fused-ring (bicyclic) bond motifs is 1. The van der Waals surface area contributed by atoms with Gasteiger partial charge in [0.2, 0.25) is 0 Å². The monoisotopic (exact) mass is 260 g/mol. The normalized spacial score (nSPS) is 17.9. The van der Waals surface area contributed by atoms with Gasteiger partial charge in [-0.15, -0.1) is 11.3 Å². The first kappa shape index (κ1) is 11.5. The van der Waals surface area contributed by atoms with E-state index in [0.717, 1.165) is 36.9 Å². The Hall–Kier alpha value is -1.55. The van der Waals surface area contributed by atoms with E-state index in [1.807, 2.05) is 29.8 Å². The first-order valence-corrected chi connectivity index (χ1v) is 7.16. The predicted molar refractivity (Wildman–Crippen MR) is 74.5 cm³/mol. The maximum Gasteiger partial charge on any atom is 0.173 e. The molecule has 0 aliphatic carbocycles. The summed E-state index contributed by atoms with van der Waals surface area (Å²) in [6, 6.07) is 8.22. The minimum Gasteiger partial charge on any atom is -0.484 e. The maximum atomic E-state index is 5.74. The third-order valence-electron chi connectivity index (χ3n) is 3.27. The molecule has 3 nitrogen and oxygen atoms in total. The number of hydrogen-bond acceptors (Lipinski definition) is 4. The Bertz CT molecular complexity index is 498. The van der Waals surface area contributed by atoms with Crippen molar-refractivity contribution in [1.29, 1.82) is 0 Å². The summed E-state index contributed by atoms with van der Waals surface area (Å²) in [6.07, 6.45) is 4.06. The Labute approximate surface area is 111 Å². The first-order chi connectivity index (χ1) is 8.93. The van der Waals surface area contributed by atoms with Crippen LogP contribution in [0.2, 0.25) is 0 Å². The van der Waals surface area contributed by atoms with Gasteiger partial charge in [-0.1, -0.05) is 6.07 Å². The largest absolute Gasteiger partial charge is 0.484 e. The zero-order valence-corrected chi connectivity index (χ0v) is 11.0. The average molecular weight is 260 g/mol. The number of ether oxygens (including phenoxy) is 1. The average Bonchev–Trinajstić information content (AvgIpc) is 2.92. The molecule has 1 aliphatic heterocycles.